The number of H-pyrrole nitrogens is 1. The first-order valence-electron chi connectivity index (χ1n) is 3.68. The third-order valence-electron chi connectivity index (χ3n) is 2.22. The molecule has 0 unspecified atom stereocenters. The van der Waals surface area contributed by atoms with E-state index in [1.807, 2.05) is 0 Å². The predicted molar refractivity (Wildman–Crippen MR) is 40.5 cm³/mol. The van der Waals surface area contributed by atoms with Crippen LogP contribution in [0, 0.1) is 0 Å². The molecule has 1 fully saturated rings. The molecule has 0 atom stereocenters. The molecule has 60 valence electrons. The van der Waals surface area contributed by atoms with Gasteiger partial charge in [0.25, 0.3) is 0 Å². The zero-order valence-corrected chi connectivity index (χ0v) is 6.17. The smallest absolute Gasteiger partial charge is 0.239 e. The van der Waals surface area contributed by atoms with Crippen molar-refractivity contribution in [1.82, 2.24) is 15.2 Å². The van der Waals surface area contributed by atoms with Crippen molar-refractivity contribution in [1.29, 1.82) is 0 Å². The standard InChI is InChI=1S/C6H11N5/c7-5-9-4(10-11-5)6(8)2-1-3-6/h1-3,8H2,(H3,7,9,10,11). The SMILES string of the molecule is Nc1n[nH]c(C2(N)CCC2)n1. The van der Waals surface area contributed by atoms with Gasteiger partial charge in [-0.2, -0.15) is 4.98 Å². The minimum Gasteiger partial charge on any atom is -0.367 e. The summed E-state index contributed by atoms with van der Waals surface area (Å²) in [7, 11) is 0. The highest BCUT2D eigenvalue weighted by molar-refractivity contribution is 5.18. The van der Waals surface area contributed by atoms with E-state index in [-0.39, 0.29) is 11.5 Å². The van der Waals surface area contributed by atoms with Crippen LogP contribution in [-0.2, 0) is 5.54 Å². The lowest BCUT2D eigenvalue weighted by atomic mass is 9.77. The van der Waals surface area contributed by atoms with Gasteiger partial charge in [0.2, 0.25) is 5.95 Å². The van der Waals surface area contributed by atoms with Gasteiger partial charge in [0.1, 0.15) is 5.82 Å². The lowest BCUT2D eigenvalue weighted by Gasteiger charge is -2.35. The Kier molecular flexibility index (Phi) is 1.17. The van der Waals surface area contributed by atoms with Gasteiger partial charge in [-0.15, -0.1) is 5.10 Å². The van der Waals surface area contributed by atoms with Gasteiger partial charge < -0.3 is 11.5 Å². The summed E-state index contributed by atoms with van der Waals surface area (Å²) in [5.74, 6) is 0.998. The van der Waals surface area contributed by atoms with Crippen molar-refractivity contribution in [3.05, 3.63) is 5.82 Å². The summed E-state index contributed by atoms with van der Waals surface area (Å²) in [6.45, 7) is 0. The predicted octanol–water partition coefficient (Wildman–Crippen LogP) is -0.275. The second-order valence-corrected chi connectivity index (χ2v) is 3.05. The van der Waals surface area contributed by atoms with E-state index < -0.39 is 0 Å². The molecule has 1 aliphatic rings. The zero-order chi connectivity index (χ0) is 7.90. The molecule has 1 heterocycles. The number of rotatable bonds is 1. The highest BCUT2D eigenvalue weighted by Crippen LogP contribution is 2.36. The first-order valence-corrected chi connectivity index (χ1v) is 3.68. The number of hydrogen-bond donors (Lipinski definition) is 3. The van der Waals surface area contributed by atoms with Crippen LogP contribution in [0.2, 0.25) is 0 Å². The Morgan fingerprint density at radius 3 is 2.55 bits per heavy atom. The van der Waals surface area contributed by atoms with Crippen LogP contribution in [0.4, 0.5) is 5.95 Å². The fraction of sp³-hybridized carbons (Fsp3) is 0.667. The highest BCUT2D eigenvalue weighted by atomic mass is 15.3. The molecular formula is C6H11N5. The number of aromatic nitrogens is 3. The van der Waals surface area contributed by atoms with Crippen LogP contribution in [-0.4, -0.2) is 15.2 Å². The topological polar surface area (TPSA) is 93.6 Å². The molecule has 11 heavy (non-hydrogen) atoms. The first-order chi connectivity index (χ1) is 5.21. The molecule has 0 radical (unpaired) electrons. The Hall–Kier alpha value is -1.10. The van der Waals surface area contributed by atoms with E-state index in [9.17, 15) is 0 Å². The van der Waals surface area contributed by atoms with E-state index in [2.05, 4.69) is 15.2 Å². The Balaban J connectivity index is 2.28. The monoisotopic (exact) mass is 153 g/mol. The third-order valence-corrected chi connectivity index (χ3v) is 2.22. The van der Waals surface area contributed by atoms with Crippen molar-refractivity contribution in [2.75, 3.05) is 5.73 Å². The highest BCUT2D eigenvalue weighted by Gasteiger charge is 2.37. The van der Waals surface area contributed by atoms with Crippen LogP contribution in [0.25, 0.3) is 0 Å². The fourth-order valence-corrected chi connectivity index (χ4v) is 1.29. The number of nitrogen functional groups attached to an aromatic ring is 1. The van der Waals surface area contributed by atoms with Crippen LogP contribution in [0.15, 0.2) is 0 Å². The Morgan fingerprint density at radius 2 is 2.18 bits per heavy atom. The van der Waals surface area contributed by atoms with Gasteiger partial charge in [0, 0.05) is 0 Å². The van der Waals surface area contributed by atoms with Crippen LogP contribution >= 0.6 is 0 Å². The van der Waals surface area contributed by atoms with Gasteiger partial charge in [-0.3, -0.25) is 5.10 Å². The number of anilines is 1. The normalized spacial score (nSPS) is 21.2. The Bertz CT molecular complexity index is 262. The quantitative estimate of drug-likeness (QED) is 0.517. The maximum absolute atomic E-state index is 5.95. The molecule has 1 saturated carbocycles. The van der Waals surface area contributed by atoms with Crippen molar-refractivity contribution in [3.8, 4) is 0 Å². The molecule has 0 saturated heterocycles. The zero-order valence-electron chi connectivity index (χ0n) is 6.17. The Morgan fingerprint density at radius 1 is 1.45 bits per heavy atom. The van der Waals surface area contributed by atoms with E-state index in [1.54, 1.807) is 0 Å². The maximum Gasteiger partial charge on any atom is 0.239 e. The summed E-state index contributed by atoms with van der Waals surface area (Å²) in [4.78, 5) is 3.99. The molecule has 0 aromatic carbocycles. The summed E-state index contributed by atoms with van der Waals surface area (Å²) in [6.07, 6.45) is 3.11. The summed E-state index contributed by atoms with van der Waals surface area (Å²) in [6, 6.07) is 0. The number of hydrogen-bond acceptors (Lipinski definition) is 4. The minimum atomic E-state index is -0.273. The van der Waals surface area contributed by atoms with E-state index in [0.29, 0.717) is 0 Å². The average molecular weight is 153 g/mol. The van der Waals surface area contributed by atoms with Crippen LogP contribution in [0.5, 0.6) is 0 Å². The van der Waals surface area contributed by atoms with Gasteiger partial charge in [0.15, 0.2) is 0 Å². The second kappa shape index (κ2) is 1.94. The van der Waals surface area contributed by atoms with Crippen molar-refractivity contribution in [2.45, 2.75) is 24.8 Å². The first kappa shape index (κ1) is 6.60. The molecular weight excluding hydrogens is 142 g/mol. The number of nitrogens with one attached hydrogen (secondary N) is 1. The molecule has 0 aliphatic heterocycles. The molecule has 0 amide bonds. The molecule has 0 bridgehead atoms. The largest absolute Gasteiger partial charge is 0.367 e. The fourth-order valence-electron chi connectivity index (χ4n) is 1.29. The van der Waals surface area contributed by atoms with Gasteiger partial charge in [-0.25, -0.2) is 0 Å². The molecule has 5 N–H and O–H groups in total. The van der Waals surface area contributed by atoms with Gasteiger partial charge in [-0.05, 0) is 19.3 Å². The number of nitrogens with zero attached hydrogens (tertiary/aromatic N) is 2. The van der Waals surface area contributed by atoms with Gasteiger partial charge in [0.05, 0.1) is 5.54 Å². The van der Waals surface area contributed by atoms with Gasteiger partial charge >= 0.3 is 0 Å². The van der Waals surface area contributed by atoms with Crippen LogP contribution < -0.4 is 11.5 Å². The molecule has 5 heteroatoms. The second-order valence-electron chi connectivity index (χ2n) is 3.05. The van der Waals surface area contributed by atoms with Crippen LogP contribution in [0.3, 0.4) is 0 Å². The molecule has 2 rings (SSSR count). The summed E-state index contributed by atoms with van der Waals surface area (Å²) < 4.78 is 0. The average Bonchev–Trinajstić information content (AvgIpc) is 2.31. The maximum atomic E-state index is 5.95. The van der Waals surface area contributed by atoms with Crippen molar-refractivity contribution < 1.29 is 0 Å². The molecule has 0 spiro atoms. The number of aromatic amines is 1. The van der Waals surface area contributed by atoms with E-state index in [4.69, 9.17) is 11.5 Å². The van der Waals surface area contributed by atoms with Crippen molar-refractivity contribution in [3.63, 3.8) is 0 Å². The lowest BCUT2D eigenvalue weighted by Crippen LogP contribution is -2.44. The van der Waals surface area contributed by atoms with Crippen molar-refractivity contribution >= 4 is 5.95 Å². The van der Waals surface area contributed by atoms with Gasteiger partial charge in [-0.1, -0.05) is 0 Å². The van der Waals surface area contributed by atoms with E-state index in [0.717, 1.165) is 25.1 Å². The molecule has 5 nitrogen and oxygen atoms in total. The van der Waals surface area contributed by atoms with E-state index in [1.165, 1.54) is 0 Å². The minimum absolute atomic E-state index is 0.273. The summed E-state index contributed by atoms with van der Waals surface area (Å²) in [5, 5.41) is 6.46. The summed E-state index contributed by atoms with van der Waals surface area (Å²) >= 11 is 0. The molecule has 1 aromatic heterocycles. The Labute approximate surface area is 64.2 Å². The molecule has 1 aromatic rings. The third kappa shape index (κ3) is 0.883. The van der Waals surface area contributed by atoms with E-state index >= 15 is 0 Å². The summed E-state index contributed by atoms with van der Waals surface area (Å²) in [5.41, 5.74) is 11.0. The lowest BCUT2D eigenvalue weighted by molar-refractivity contribution is 0.239. The van der Waals surface area contributed by atoms with Crippen LogP contribution in [0.1, 0.15) is 25.1 Å². The molecule has 1 aliphatic carbocycles. The number of nitrogens with two attached hydrogens (primary N) is 2. The van der Waals surface area contributed by atoms with Crippen molar-refractivity contribution in [2.24, 2.45) is 5.73 Å².